The van der Waals surface area contributed by atoms with Gasteiger partial charge < -0.3 is 43.3 Å². The summed E-state index contributed by atoms with van der Waals surface area (Å²) in [5, 5.41) is 7.99. The third kappa shape index (κ3) is 26.4. The van der Waals surface area contributed by atoms with E-state index in [1.807, 2.05) is 12.1 Å². The number of unbranched alkanes of at least 4 members (excludes halogenated alkanes) is 20. The Morgan fingerprint density at radius 3 is 0.951 bits per heavy atom. The smallest absolute Gasteiger partial charge is 0.330 e. The molecule has 2 saturated carbocycles. The van der Waals surface area contributed by atoms with Gasteiger partial charge >= 0.3 is 35.8 Å². The fraction of sp³-hybridized carbons (Fsp3) is 0.567. The van der Waals surface area contributed by atoms with Crippen LogP contribution in [0.3, 0.4) is 0 Å². The highest BCUT2D eigenvalue weighted by atomic mass is 16.6. The number of esters is 6. The largest absolute Gasteiger partial charge is 0.494 e. The van der Waals surface area contributed by atoms with Gasteiger partial charge in [-0.3, -0.25) is 19.2 Å². The Bertz CT molecular complexity index is 2400. The summed E-state index contributed by atoms with van der Waals surface area (Å²) >= 11 is 0. The fourth-order valence-corrected chi connectivity index (χ4v) is 10.4. The van der Waals surface area contributed by atoms with Gasteiger partial charge in [-0.25, -0.2) is 9.59 Å². The molecule has 0 spiro atoms. The Morgan fingerprint density at radius 2 is 0.634 bits per heavy atom. The van der Waals surface area contributed by atoms with Crippen LogP contribution in [0.1, 0.15) is 198 Å². The molecule has 2 aliphatic carbocycles. The normalized spacial score (nSPS) is 16.6. The van der Waals surface area contributed by atoms with E-state index < -0.39 is 23.8 Å². The molecule has 0 aromatic heterocycles. The zero-order valence-electron chi connectivity index (χ0n) is 48.6. The molecule has 0 atom stereocenters. The Kier molecular flexibility index (Phi) is 31.9. The molecule has 0 unspecified atom stereocenters. The molecule has 0 saturated heterocycles. The zero-order chi connectivity index (χ0) is 58.4. The number of carbonyl (C=O) groups is 6. The van der Waals surface area contributed by atoms with Crippen molar-refractivity contribution >= 4 is 42.0 Å². The van der Waals surface area contributed by atoms with Crippen LogP contribution in [-0.4, -0.2) is 68.5 Å². The van der Waals surface area contributed by atoms with Crippen molar-refractivity contribution in [1.82, 2.24) is 0 Å². The van der Waals surface area contributed by atoms with Crippen LogP contribution in [0, 0.1) is 29.1 Å². The second kappa shape index (κ2) is 39.6. The molecule has 0 amide bonds. The average molecular weight is 1130 g/mol. The molecule has 0 aliphatic heterocycles. The highest BCUT2D eigenvalue weighted by Crippen LogP contribution is 2.35. The summed E-state index contributed by atoms with van der Waals surface area (Å²) in [6, 6.07) is 18.7. The predicted molar refractivity (Wildman–Crippen MR) is 316 cm³/mol. The number of hydrogen-bond donors (Lipinski definition) is 1. The third-order valence-electron chi connectivity index (χ3n) is 15.4. The minimum absolute atomic E-state index is 0.180. The van der Waals surface area contributed by atoms with Gasteiger partial charge in [0.1, 0.15) is 34.5 Å². The lowest BCUT2D eigenvalue weighted by atomic mass is 9.82. The molecule has 15 heteroatoms. The van der Waals surface area contributed by atoms with Crippen LogP contribution in [0.5, 0.6) is 34.5 Å². The van der Waals surface area contributed by atoms with Gasteiger partial charge in [-0.05, 0) is 144 Å². The van der Waals surface area contributed by atoms with Crippen molar-refractivity contribution in [2.24, 2.45) is 23.7 Å². The topological polar surface area (TPSA) is 200 Å². The summed E-state index contributed by atoms with van der Waals surface area (Å²) in [4.78, 5) is 74.8. The third-order valence-corrected chi connectivity index (χ3v) is 15.4. The Labute approximate surface area is 487 Å². The lowest BCUT2D eigenvalue weighted by molar-refractivity contribution is -0.145. The molecule has 2 aliphatic rings. The first-order chi connectivity index (χ1) is 40.0. The van der Waals surface area contributed by atoms with Gasteiger partial charge in [-0.1, -0.05) is 129 Å². The van der Waals surface area contributed by atoms with E-state index in [1.54, 1.807) is 36.4 Å². The van der Waals surface area contributed by atoms with E-state index in [4.69, 9.17) is 43.3 Å². The van der Waals surface area contributed by atoms with Crippen LogP contribution in [0.25, 0.3) is 0 Å². The molecule has 0 radical (unpaired) electrons. The van der Waals surface area contributed by atoms with Crippen LogP contribution in [0.4, 0.5) is 0 Å². The number of nitrogens with one attached hydrogen (secondary N) is 1. The molecule has 82 heavy (non-hydrogen) atoms. The molecule has 5 rings (SSSR count). The minimum atomic E-state index is -0.444. The van der Waals surface area contributed by atoms with Crippen molar-refractivity contribution in [3.63, 3.8) is 0 Å². The van der Waals surface area contributed by atoms with Crippen molar-refractivity contribution in [3.05, 3.63) is 97.6 Å². The lowest BCUT2D eigenvalue weighted by Crippen LogP contribution is -2.30. The Balaban J connectivity index is 0.872. The number of hydrogen-bond acceptors (Lipinski definition) is 15. The van der Waals surface area contributed by atoms with Gasteiger partial charge in [-0.2, -0.15) is 0 Å². The van der Waals surface area contributed by atoms with Crippen molar-refractivity contribution in [3.8, 4) is 34.5 Å². The molecular formula is C67H91NO14. The second-order valence-corrected chi connectivity index (χ2v) is 21.8. The molecular weight excluding hydrogens is 1040 g/mol. The fourth-order valence-electron chi connectivity index (χ4n) is 10.4. The van der Waals surface area contributed by atoms with Crippen LogP contribution in [0.15, 0.2) is 92.0 Å². The lowest BCUT2D eigenvalue weighted by Gasteiger charge is -2.26. The Morgan fingerprint density at radius 1 is 0.366 bits per heavy atom. The number of benzene rings is 3. The molecule has 3 aromatic carbocycles. The van der Waals surface area contributed by atoms with E-state index in [1.165, 1.54) is 114 Å². The first kappa shape index (κ1) is 66.0. The minimum Gasteiger partial charge on any atom is -0.494 e. The monoisotopic (exact) mass is 1130 g/mol. The van der Waals surface area contributed by atoms with E-state index in [0.29, 0.717) is 89.3 Å². The standard InChI is InChI=1S/C67H91NO14/c1-3-62(69)77-47-25-21-17-13-8-6-5-7-11-15-19-23-45-75-56-35-39-58(40-36-56)79-64(71)51-27-29-53(30-28-51)66(73)81-60-43-44-61(55(49-60)50-68)82-67(74)54-33-31-52(32-34-54)65(72)80-59-41-37-57(38-42-59)76-46-24-20-16-12-9-10-14-18-22-26-48-78-63(70)4-2/h3-4,35-44,49-54,68H,1-2,5-34,45-48H2. The van der Waals surface area contributed by atoms with Gasteiger partial charge in [0.15, 0.2) is 0 Å². The summed E-state index contributed by atoms with van der Waals surface area (Å²) in [5.74, 6) is -0.988. The highest BCUT2D eigenvalue weighted by Gasteiger charge is 2.34. The summed E-state index contributed by atoms with van der Waals surface area (Å²) in [7, 11) is 0. The van der Waals surface area contributed by atoms with E-state index in [0.717, 1.165) is 75.5 Å². The predicted octanol–water partition coefficient (Wildman–Crippen LogP) is 15.1. The van der Waals surface area contributed by atoms with E-state index in [9.17, 15) is 28.8 Å². The molecule has 2 fully saturated rings. The van der Waals surface area contributed by atoms with Crippen molar-refractivity contribution in [1.29, 1.82) is 5.41 Å². The van der Waals surface area contributed by atoms with Gasteiger partial charge in [0.05, 0.1) is 50.1 Å². The number of carbonyl (C=O) groups excluding carboxylic acids is 6. The van der Waals surface area contributed by atoms with Gasteiger partial charge in [0, 0.05) is 23.9 Å². The summed E-state index contributed by atoms with van der Waals surface area (Å²) < 4.78 is 44.7. The highest BCUT2D eigenvalue weighted by molar-refractivity contribution is 5.86. The first-order valence-electron chi connectivity index (χ1n) is 30.6. The van der Waals surface area contributed by atoms with E-state index in [2.05, 4.69) is 13.2 Å². The molecule has 15 nitrogen and oxygen atoms in total. The van der Waals surface area contributed by atoms with Crippen molar-refractivity contribution < 1.29 is 66.7 Å². The zero-order valence-corrected chi connectivity index (χ0v) is 48.6. The SMILES string of the molecule is C=CC(=O)OCCCCCCCCCCCCCCOc1ccc(OC(=O)C2CCC(C(=O)Oc3ccc(OC(=O)C4CCC(C(=O)Oc5ccc(OCCCCCCCCCCCCOC(=O)C=C)cc5)CC4)c(C=N)c3)CC2)cc1. The summed E-state index contributed by atoms with van der Waals surface area (Å²) in [5.41, 5.74) is 0.281. The van der Waals surface area contributed by atoms with Crippen molar-refractivity contribution in [2.75, 3.05) is 26.4 Å². The maximum absolute atomic E-state index is 13.3. The van der Waals surface area contributed by atoms with Crippen LogP contribution >= 0.6 is 0 Å². The Hall–Kier alpha value is -6.77. The van der Waals surface area contributed by atoms with Gasteiger partial charge in [0.2, 0.25) is 0 Å². The second-order valence-electron chi connectivity index (χ2n) is 21.8. The first-order valence-corrected chi connectivity index (χ1v) is 30.6. The van der Waals surface area contributed by atoms with Crippen LogP contribution in [0.2, 0.25) is 0 Å². The molecule has 3 aromatic rings. The van der Waals surface area contributed by atoms with E-state index in [-0.39, 0.29) is 52.8 Å². The van der Waals surface area contributed by atoms with Crippen LogP contribution in [-0.2, 0) is 38.2 Å². The average Bonchev–Trinajstić information content (AvgIpc) is 3.69. The summed E-state index contributed by atoms with van der Waals surface area (Å²) in [6.45, 7) is 9.01. The van der Waals surface area contributed by atoms with Gasteiger partial charge in [-0.15, -0.1) is 0 Å². The van der Waals surface area contributed by atoms with Crippen molar-refractivity contribution in [2.45, 2.75) is 193 Å². The molecule has 0 bridgehead atoms. The number of ether oxygens (including phenoxy) is 8. The van der Waals surface area contributed by atoms with Crippen LogP contribution < -0.4 is 28.4 Å². The molecule has 0 heterocycles. The molecule has 1 N–H and O–H groups in total. The van der Waals surface area contributed by atoms with E-state index >= 15 is 0 Å². The quantitative estimate of drug-likeness (QED) is 0.0185. The molecule has 448 valence electrons. The maximum atomic E-state index is 13.3. The maximum Gasteiger partial charge on any atom is 0.330 e. The number of rotatable bonds is 41. The van der Waals surface area contributed by atoms with Gasteiger partial charge in [0.25, 0.3) is 0 Å². The summed E-state index contributed by atoms with van der Waals surface area (Å²) in [6.07, 6.45) is 32.5.